The third-order valence-electron chi connectivity index (χ3n) is 2.93. The molecule has 0 aliphatic carbocycles. The van der Waals surface area contributed by atoms with Gasteiger partial charge in [-0.15, -0.1) is 11.1 Å². The summed E-state index contributed by atoms with van der Waals surface area (Å²) < 4.78 is 29.6. The first-order valence-corrected chi connectivity index (χ1v) is 17.3. The van der Waals surface area contributed by atoms with Crippen molar-refractivity contribution < 1.29 is 13.2 Å². The Kier molecular flexibility index (Phi) is 8.36. The molecule has 0 aromatic heterocycles. The number of benzene rings is 1. The van der Waals surface area contributed by atoms with Gasteiger partial charge in [0.25, 0.3) is 0 Å². The van der Waals surface area contributed by atoms with Gasteiger partial charge in [0.1, 0.15) is 22.8 Å². The normalized spacial score (nSPS) is 11.8. The Hall–Kier alpha value is -2.00. The van der Waals surface area contributed by atoms with Gasteiger partial charge in [-0.3, -0.25) is 0 Å². The molecule has 27 heavy (non-hydrogen) atoms. The van der Waals surface area contributed by atoms with E-state index in [4.69, 9.17) is 4.74 Å². The van der Waals surface area contributed by atoms with Crippen LogP contribution in [0.2, 0.25) is 39.3 Å². The maximum Gasteiger partial charge on any atom is 0.202 e. The molecule has 0 spiro atoms. The molecule has 0 aliphatic heterocycles. The quantitative estimate of drug-likeness (QED) is 0.304. The molecule has 1 rings (SSSR count). The predicted molar refractivity (Wildman–Crippen MR) is 119 cm³/mol. The molecule has 0 heterocycles. The van der Waals surface area contributed by atoms with Crippen molar-refractivity contribution in [2.75, 3.05) is 6.61 Å². The fraction of sp³-hybridized carbons (Fsp3) is 0.333. The van der Waals surface area contributed by atoms with Crippen LogP contribution in [0.4, 0.5) is 0 Å². The largest absolute Gasteiger partial charge is 0.496 e. The standard InChI is InChI=1S/C21H28O3SSi2/c1-26(2,3)18-13-20(14-19-27(4,5)6)12-15-24-16-17-25(22,23)21-10-8-7-9-11-21/h7-12,16-17H,15H2,1-6H3/b17-16+. The second-order valence-electron chi connectivity index (χ2n) is 8.08. The lowest BCUT2D eigenvalue weighted by atomic mass is 10.3. The van der Waals surface area contributed by atoms with E-state index >= 15 is 0 Å². The van der Waals surface area contributed by atoms with E-state index in [9.17, 15) is 8.42 Å². The molecular weight excluding hydrogens is 388 g/mol. The van der Waals surface area contributed by atoms with E-state index in [1.807, 2.05) is 0 Å². The van der Waals surface area contributed by atoms with Crippen LogP contribution >= 0.6 is 0 Å². The number of ether oxygens (including phenoxy) is 1. The van der Waals surface area contributed by atoms with Crippen LogP contribution in [0.1, 0.15) is 0 Å². The first-order chi connectivity index (χ1) is 12.4. The Bertz CT molecular complexity index is 875. The predicted octanol–water partition coefficient (Wildman–Crippen LogP) is 4.64. The molecule has 0 N–H and O–H groups in total. The highest BCUT2D eigenvalue weighted by Crippen LogP contribution is 2.11. The summed E-state index contributed by atoms with van der Waals surface area (Å²) in [6, 6.07) is 8.25. The Labute approximate surface area is 166 Å². The highest BCUT2D eigenvalue weighted by atomic mass is 32.2. The van der Waals surface area contributed by atoms with Gasteiger partial charge >= 0.3 is 0 Å². The zero-order valence-electron chi connectivity index (χ0n) is 17.0. The summed E-state index contributed by atoms with van der Waals surface area (Å²) in [5.41, 5.74) is 7.35. The average molecular weight is 417 g/mol. The average Bonchev–Trinajstić information content (AvgIpc) is 2.55. The van der Waals surface area contributed by atoms with Crippen molar-refractivity contribution in [1.82, 2.24) is 0 Å². The van der Waals surface area contributed by atoms with Crippen LogP contribution in [-0.4, -0.2) is 31.2 Å². The fourth-order valence-corrected chi connectivity index (χ4v) is 3.57. The maximum absolute atomic E-state index is 12.1. The minimum atomic E-state index is -3.49. The summed E-state index contributed by atoms with van der Waals surface area (Å²) in [6.45, 7) is 13.3. The SMILES string of the molecule is C[Si](C)(C)C#CC(C#C[Si](C)(C)C)=CCO/C=C/S(=O)(=O)c1ccccc1. The van der Waals surface area contributed by atoms with Gasteiger partial charge in [-0.05, 0) is 18.2 Å². The first-order valence-electron chi connectivity index (χ1n) is 8.74. The summed E-state index contributed by atoms with van der Waals surface area (Å²) in [5.74, 6) is 6.33. The van der Waals surface area contributed by atoms with E-state index in [0.29, 0.717) is 0 Å². The van der Waals surface area contributed by atoms with Crippen molar-refractivity contribution in [3.63, 3.8) is 0 Å². The molecule has 0 unspecified atom stereocenters. The van der Waals surface area contributed by atoms with Crippen molar-refractivity contribution in [1.29, 1.82) is 0 Å². The monoisotopic (exact) mass is 416 g/mol. The first kappa shape index (κ1) is 23.0. The molecule has 1 aromatic carbocycles. The second kappa shape index (κ2) is 9.80. The zero-order valence-corrected chi connectivity index (χ0v) is 19.8. The topological polar surface area (TPSA) is 43.4 Å². The Morgan fingerprint density at radius 2 is 1.48 bits per heavy atom. The molecule has 144 valence electrons. The van der Waals surface area contributed by atoms with E-state index in [-0.39, 0.29) is 11.5 Å². The van der Waals surface area contributed by atoms with E-state index in [1.54, 1.807) is 36.4 Å². The molecule has 0 saturated carbocycles. The van der Waals surface area contributed by atoms with Gasteiger partial charge in [0, 0.05) is 0 Å². The fourth-order valence-electron chi connectivity index (χ4n) is 1.63. The van der Waals surface area contributed by atoms with E-state index in [2.05, 4.69) is 62.2 Å². The number of hydrogen-bond acceptors (Lipinski definition) is 3. The van der Waals surface area contributed by atoms with Crippen LogP contribution in [0.15, 0.2) is 58.5 Å². The van der Waals surface area contributed by atoms with Gasteiger partial charge in [-0.25, -0.2) is 8.42 Å². The minimum Gasteiger partial charge on any atom is -0.496 e. The summed E-state index contributed by atoms with van der Waals surface area (Å²) in [4.78, 5) is 0.239. The number of sulfone groups is 1. The van der Waals surface area contributed by atoms with Crippen molar-refractivity contribution in [2.45, 2.75) is 44.2 Å². The molecule has 0 radical (unpaired) electrons. The highest BCUT2D eigenvalue weighted by Gasteiger charge is 2.10. The maximum atomic E-state index is 12.1. The molecular formula is C21H28O3SSi2. The Morgan fingerprint density at radius 1 is 0.963 bits per heavy atom. The molecule has 3 nitrogen and oxygen atoms in total. The van der Waals surface area contributed by atoms with E-state index in [0.717, 1.165) is 11.0 Å². The zero-order chi connectivity index (χ0) is 20.6. The van der Waals surface area contributed by atoms with Crippen molar-refractivity contribution >= 4 is 26.0 Å². The van der Waals surface area contributed by atoms with Gasteiger partial charge in [-0.2, -0.15) is 0 Å². The van der Waals surface area contributed by atoms with Crippen LogP contribution < -0.4 is 0 Å². The second-order valence-corrected chi connectivity index (χ2v) is 19.4. The third-order valence-corrected chi connectivity index (χ3v) is 6.08. The van der Waals surface area contributed by atoms with Crippen LogP contribution in [0, 0.1) is 22.9 Å². The summed E-state index contributed by atoms with van der Waals surface area (Å²) >= 11 is 0. The lowest BCUT2D eigenvalue weighted by Crippen LogP contribution is -2.17. The summed E-state index contributed by atoms with van der Waals surface area (Å²) in [6.07, 6.45) is 3.01. The highest BCUT2D eigenvalue weighted by molar-refractivity contribution is 7.94. The molecule has 0 saturated heterocycles. The van der Waals surface area contributed by atoms with Crippen LogP contribution in [0.5, 0.6) is 0 Å². The molecule has 6 heteroatoms. The van der Waals surface area contributed by atoms with Crippen molar-refractivity contribution in [2.24, 2.45) is 0 Å². The number of hydrogen-bond donors (Lipinski definition) is 0. The lowest BCUT2D eigenvalue weighted by molar-refractivity contribution is 0.290. The molecule has 0 bridgehead atoms. The summed E-state index contributed by atoms with van der Waals surface area (Å²) in [7, 11) is -6.50. The van der Waals surface area contributed by atoms with E-state index in [1.165, 1.54) is 6.26 Å². The van der Waals surface area contributed by atoms with Crippen LogP contribution in [0.25, 0.3) is 0 Å². The van der Waals surface area contributed by atoms with Crippen LogP contribution in [-0.2, 0) is 14.6 Å². The van der Waals surface area contributed by atoms with Gasteiger partial charge in [0.05, 0.1) is 22.1 Å². The summed E-state index contributed by atoms with van der Waals surface area (Å²) in [5, 5.41) is 1.07. The third kappa shape index (κ3) is 10.7. The van der Waals surface area contributed by atoms with Gasteiger partial charge in [-0.1, -0.05) is 69.3 Å². The molecule has 0 amide bonds. The molecule has 0 atom stereocenters. The van der Waals surface area contributed by atoms with Gasteiger partial charge < -0.3 is 4.74 Å². The van der Waals surface area contributed by atoms with E-state index < -0.39 is 26.0 Å². The Balaban J connectivity index is 2.84. The molecule has 0 aliphatic rings. The molecule has 1 aromatic rings. The number of rotatable bonds is 5. The van der Waals surface area contributed by atoms with Gasteiger partial charge in [0.2, 0.25) is 9.84 Å². The van der Waals surface area contributed by atoms with Gasteiger partial charge in [0.15, 0.2) is 0 Å². The lowest BCUT2D eigenvalue weighted by Gasteiger charge is -2.05. The molecule has 0 fully saturated rings. The smallest absolute Gasteiger partial charge is 0.202 e. The minimum absolute atomic E-state index is 0.219. The Morgan fingerprint density at radius 3 is 1.96 bits per heavy atom. The van der Waals surface area contributed by atoms with Crippen LogP contribution in [0.3, 0.4) is 0 Å². The van der Waals surface area contributed by atoms with Crippen molar-refractivity contribution in [3.8, 4) is 22.9 Å². The number of allylic oxidation sites excluding steroid dienone is 1. The van der Waals surface area contributed by atoms with Crippen molar-refractivity contribution in [3.05, 3.63) is 53.7 Å².